The van der Waals surface area contributed by atoms with Gasteiger partial charge in [-0.2, -0.15) is 0 Å². The Hall–Kier alpha value is -3.00. The number of nitro benzene ring substituents is 1. The average Bonchev–Trinajstić information content (AvgIpc) is 2.55. The Labute approximate surface area is 146 Å². The van der Waals surface area contributed by atoms with Gasteiger partial charge in [0.15, 0.2) is 6.61 Å². The van der Waals surface area contributed by atoms with Gasteiger partial charge in [-0.25, -0.2) is 9.18 Å². The Morgan fingerprint density at radius 2 is 2.00 bits per heavy atom. The van der Waals surface area contributed by atoms with Gasteiger partial charge in [0, 0.05) is 6.07 Å². The highest BCUT2D eigenvalue weighted by atomic mass is 35.5. The molecule has 7 nitrogen and oxygen atoms in total. The van der Waals surface area contributed by atoms with E-state index >= 15 is 0 Å². The summed E-state index contributed by atoms with van der Waals surface area (Å²) in [6.45, 7) is 1.02. The molecule has 0 aromatic heterocycles. The molecule has 0 heterocycles. The molecule has 0 aliphatic carbocycles. The van der Waals surface area contributed by atoms with E-state index in [1.54, 1.807) is 13.0 Å². The summed E-state index contributed by atoms with van der Waals surface area (Å²) in [5, 5.41) is 12.9. The Morgan fingerprint density at radius 3 is 2.64 bits per heavy atom. The van der Waals surface area contributed by atoms with Crippen LogP contribution >= 0.6 is 11.6 Å². The molecule has 2 rings (SSSR count). The zero-order valence-corrected chi connectivity index (χ0v) is 13.7. The predicted molar refractivity (Wildman–Crippen MR) is 88.2 cm³/mol. The quantitative estimate of drug-likeness (QED) is 0.496. The van der Waals surface area contributed by atoms with E-state index in [1.807, 2.05) is 0 Å². The summed E-state index contributed by atoms with van der Waals surface area (Å²) >= 11 is 5.65. The molecule has 0 radical (unpaired) electrons. The van der Waals surface area contributed by atoms with E-state index in [2.05, 4.69) is 5.32 Å². The lowest BCUT2D eigenvalue weighted by Gasteiger charge is -2.08. The molecule has 0 spiro atoms. The smallest absolute Gasteiger partial charge is 0.338 e. The normalized spacial score (nSPS) is 10.2. The molecule has 0 saturated heterocycles. The molecule has 1 amide bonds. The van der Waals surface area contributed by atoms with Crippen molar-refractivity contribution in [3.63, 3.8) is 0 Å². The van der Waals surface area contributed by atoms with Crippen molar-refractivity contribution in [1.82, 2.24) is 0 Å². The van der Waals surface area contributed by atoms with Crippen molar-refractivity contribution in [1.29, 1.82) is 0 Å². The number of benzene rings is 2. The molecule has 0 unspecified atom stereocenters. The zero-order valence-electron chi connectivity index (χ0n) is 12.9. The second kappa shape index (κ2) is 7.71. The van der Waals surface area contributed by atoms with Gasteiger partial charge in [-0.05, 0) is 36.8 Å². The summed E-state index contributed by atoms with van der Waals surface area (Å²) in [5.74, 6) is -2.31. The zero-order chi connectivity index (χ0) is 18.6. The molecule has 0 saturated carbocycles. The molecule has 0 atom stereocenters. The van der Waals surface area contributed by atoms with E-state index in [1.165, 1.54) is 24.3 Å². The molecule has 0 aliphatic rings. The largest absolute Gasteiger partial charge is 0.452 e. The maximum absolute atomic E-state index is 13.6. The van der Waals surface area contributed by atoms with Gasteiger partial charge in [-0.3, -0.25) is 14.9 Å². The highest BCUT2D eigenvalue weighted by Gasteiger charge is 2.18. The van der Waals surface area contributed by atoms with E-state index in [9.17, 15) is 24.1 Å². The molecule has 25 heavy (non-hydrogen) atoms. The number of hydrogen-bond acceptors (Lipinski definition) is 5. The number of anilines is 1. The molecule has 0 aliphatic heterocycles. The lowest BCUT2D eigenvalue weighted by Crippen LogP contribution is -2.21. The van der Waals surface area contributed by atoms with Crippen LogP contribution < -0.4 is 5.32 Å². The number of carbonyl (C=O) groups is 2. The van der Waals surface area contributed by atoms with Crippen LogP contribution in [0.3, 0.4) is 0 Å². The third-order valence-electron chi connectivity index (χ3n) is 3.11. The first-order chi connectivity index (χ1) is 11.8. The summed E-state index contributed by atoms with van der Waals surface area (Å²) in [5.41, 5.74) is 0.0488. The summed E-state index contributed by atoms with van der Waals surface area (Å²) in [4.78, 5) is 33.6. The Balaban J connectivity index is 1.98. The fourth-order valence-corrected chi connectivity index (χ4v) is 2.09. The molecule has 0 fully saturated rings. The average molecular weight is 367 g/mol. The van der Waals surface area contributed by atoms with E-state index in [0.717, 1.165) is 6.07 Å². The van der Waals surface area contributed by atoms with Crippen molar-refractivity contribution in [3.8, 4) is 0 Å². The summed E-state index contributed by atoms with van der Waals surface area (Å²) in [6, 6.07) is 7.59. The Bertz CT molecular complexity index is 856. The maximum Gasteiger partial charge on any atom is 0.338 e. The third kappa shape index (κ3) is 4.74. The molecule has 2 aromatic rings. The number of hydrogen-bond donors (Lipinski definition) is 1. The first-order valence-corrected chi connectivity index (χ1v) is 7.33. The number of amides is 1. The molecular weight excluding hydrogens is 355 g/mol. The van der Waals surface area contributed by atoms with Crippen LogP contribution in [0.2, 0.25) is 5.02 Å². The van der Waals surface area contributed by atoms with Crippen LogP contribution in [0.1, 0.15) is 15.9 Å². The second-order valence-corrected chi connectivity index (χ2v) is 5.44. The minimum Gasteiger partial charge on any atom is -0.452 e. The fraction of sp³-hybridized carbons (Fsp3) is 0.125. The lowest BCUT2D eigenvalue weighted by molar-refractivity contribution is -0.384. The van der Waals surface area contributed by atoms with E-state index in [4.69, 9.17) is 16.3 Å². The second-order valence-electron chi connectivity index (χ2n) is 5.03. The van der Waals surface area contributed by atoms with E-state index in [0.29, 0.717) is 5.56 Å². The van der Waals surface area contributed by atoms with Gasteiger partial charge < -0.3 is 10.1 Å². The van der Waals surface area contributed by atoms with Gasteiger partial charge in [0.1, 0.15) is 10.8 Å². The third-order valence-corrected chi connectivity index (χ3v) is 3.43. The first kappa shape index (κ1) is 18.3. The number of carbonyl (C=O) groups excluding carboxylic acids is 2. The van der Waals surface area contributed by atoms with E-state index < -0.39 is 34.9 Å². The molecule has 130 valence electrons. The fourth-order valence-electron chi connectivity index (χ4n) is 1.90. The predicted octanol–water partition coefficient (Wildman–Crippen LogP) is 3.49. The van der Waals surface area contributed by atoms with Crippen LogP contribution in [-0.4, -0.2) is 23.4 Å². The molecule has 2 aromatic carbocycles. The number of rotatable bonds is 5. The highest BCUT2D eigenvalue weighted by Crippen LogP contribution is 2.25. The number of nitro groups is 1. The Morgan fingerprint density at radius 1 is 1.28 bits per heavy atom. The van der Waals surface area contributed by atoms with E-state index in [-0.39, 0.29) is 16.3 Å². The summed E-state index contributed by atoms with van der Waals surface area (Å²) in [7, 11) is 0. The number of nitrogens with one attached hydrogen (secondary N) is 1. The number of halogens is 2. The van der Waals surface area contributed by atoms with Crippen LogP contribution in [0.5, 0.6) is 0 Å². The van der Waals surface area contributed by atoms with Crippen molar-refractivity contribution in [2.45, 2.75) is 6.92 Å². The van der Waals surface area contributed by atoms with Gasteiger partial charge in [0.05, 0.1) is 16.2 Å². The maximum atomic E-state index is 13.6. The summed E-state index contributed by atoms with van der Waals surface area (Å²) in [6.07, 6.45) is 0. The standard InChI is InChI=1S/C16H12ClFN2O5/c1-9-2-5-13(12(18)6-9)19-15(21)8-25-16(22)10-3-4-11(17)14(7-10)20(23)24/h2-7H,8H2,1H3,(H,19,21). The SMILES string of the molecule is Cc1ccc(NC(=O)COC(=O)c2ccc(Cl)c([N+](=O)[O-])c2)c(F)c1. The van der Waals surface area contributed by atoms with Crippen molar-refractivity contribution in [2.24, 2.45) is 0 Å². The van der Waals surface area contributed by atoms with Crippen LogP contribution in [0.15, 0.2) is 36.4 Å². The van der Waals surface area contributed by atoms with Crippen molar-refractivity contribution < 1.29 is 23.6 Å². The highest BCUT2D eigenvalue weighted by molar-refractivity contribution is 6.32. The molecular formula is C16H12ClFN2O5. The minimum absolute atomic E-state index is 0.0474. The molecule has 1 N–H and O–H groups in total. The van der Waals surface area contributed by atoms with Gasteiger partial charge in [0.2, 0.25) is 0 Å². The topological polar surface area (TPSA) is 98.5 Å². The van der Waals surface area contributed by atoms with Crippen molar-refractivity contribution in [2.75, 3.05) is 11.9 Å². The first-order valence-electron chi connectivity index (χ1n) is 6.95. The van der Waals surface area contributed by atoms with Crippen LogP contribution in [-0.2, 0) is 9.53 Å². The number of aryl methyl sites for hydroxylation is 1. The number of nitrogens with zero attached hydrogens (tertiary/aromatic N) is 1. The van der Waals surface area contributed by atoms with Crippen LogP contribution in [0, 0.1) is 22.9 Å². The summed E-state index contributed by atoms with van der Waals surface area (Å²) < 4.78 is 18.4. The minimum atomic E-state index is -0.945. The number of esters is 1. The van der Waals surface area contributed by atoms with Crippen molar-refractivity contribution in [3.05, 3.63) is 68.5 Å². The van der Waals surface area contributed by atoms with Gasteiger partial charge in [-0.15, -0.1) is 0 Å². The molecule has 9 heteroatoms. The molecule has 0 bridgehead atoms. The van der Waals surface area contributed by atoms with Gasteiger partial charge in [0.25, 0.3) is 11.6 Å². The van der Waals surface area contributed by atoms with Crippen LogP contribution in [0.25, 0.3) is 0 Å². The number of ether oxygens (including phenoxy) is 1. The Kier molecular flexibility index (Phi) is 5.66. The van der Waals surface area contributed by atoms with Crippen molar-refractivity contribution >= 4 is 34.9 Å². The van der Waals surface area contributed by atoms with Gasteiger partial charge >= 0.3 is 5.97 Å². The monoisotopic (exact) mass is 366 g/mol. The lowest BCUT2D eigenvalue weighted by atomic mass is 10.2. The van der Waals surface area contributed by atoms with Gasteiger partial charge in [-0.1, -0.05) is 17.7 Å². The van der Waals surface area contributed by atoms with Crippen LogP contribution in [0.4, 0.5) is 15.8 Å².